The van der Waals surface area contributed by atoms with E-state index in [0.717, 1.165) is 37.6 Å². The average Bonchev–Trinajstić information content (AvgIpc) is 2.30. The third kappa shape index (κ3) is 3.91. The molecule has 1 aliphatic rings. The fourth-order valence-electron chi connectivity index (χ4n) is 1.85. The summed E-state index contributed by atoms with van der Waals surface area (Å²) in [6.07, 6.45) is 1.01. The quantitative estimate of drug-likeness (QED) is 0.706. The molecule has 4 nitrogen and oxygen atoms in total. The Morgan fingerprint density at radius 2 is 2.25 bits per heavy atom. The molecule has 0 amide bonds. The van der Waals surface area contributed by atoms with E-state index in [4.69, 9.17) is 0 Å². The van der Waals surface area contributed by atoms with Crippen LogP contribution in [0.3, 0.4) is 0 Å². The Balaban J connectivity index is 2.57. The summed E-state index contributed by atoms with van der Waals surface area (Å²) in [4.78, 5) is 2.13. The van der Waals surface area contributed by atoms with Crippen LogP contribution in [0.5, 0.6) is 0 Å². The number of hydrogen-bond donors (Lipinski definition) is 1. The van der Waals surface area contributed by atoms with E-state index < -0.39 is 9.84 Å². The molecule has 16 heavy (non-hydrogen) atoms. The molecule has 0 radical (unpaired) electrons. The summed E-state index contributed by atoms with van der Waals surface area (Å²) in [6, 6.07) is 0. The molecule has 1 atom stereocenters. The van der Waals surface area contributed by atoms with Gasteiger partial charge in [-0.05, 0) is 20.0 Å². The van der Waals surface area contributed by atoms with Gasteiger partial charge < -0.3 is 5.32 Å². The molecule has 0 bridgehead atoms. The molecule has 0 saturated carbocycles. The van der Waals surface area contributed by atoms with Gasteiger partial charge in [-0.15, -0.1) is 0 Å². The van der Waals surface area contributed by atoms with Crippen LogP contribution in [0.15, 0.2) is 0 Å². The molecular weight excluding hydrogens is 244 g/mol. The van der Waals surface area contributed by atoms with E-state index in [2.05, 4.69) is 10.2 Å². The number of rotatable bonds is 6. The zero-order chi connectivity index (χ0) is 12.0. The molecule has 1 rings (SSSR count). The molecule has 0 aromatic rings. The predicted octanol–water partition coefficient (Wildman–Crippen LogP) is 0.406. The van der Waals surface area contributed by atoms with Crippen molar-refractivity contribution in [3.63, 3.8) is 0 Å². The standard InChI is InChI=1S/C10H22N2O2S2/c1-3-16(13,14)10-9-15-8-7-12(10)6-4-5-11-2/h10-11H,3-9H2,1-2H3. The summed E-state index contributed by atoms with van der Waals surface area (Å²) in [5.41, 5.74) is 0. The molecule has 1 fully saturated rings. The number of nitrogens with zero attached hydrogens (tertiary/aromatic N) is 1. The number of thioether (sulfide) groups is 1. The highest BCUT2D eigenvalue weighted by molar-refractivity contribution is 8.01. The molecule has 0 aromatic carbocycles. The minimum atomic E-state index is -2.92. The summed E-state index contributed by atoms with van der Waals surface area (Å²) >= 11 is 1.75. The smallest absolute Gasteiger partial charge is 0.166 e. The van der Waals surface area contributed by atoms with E-state index in [0.29, 0.717) is 0 Å². The highest BCUT2D eigenvalue weighted by Gasteiger charge is 2.32. The van der Waals surface area contributed by atoms with Crippen molar-refractivity contribution in [2.24, 2.45) is 0 Å². The Labute approximate surface area is 103 Å². The number of hydrogen-bond acceptors (Lipinski definition) is 5. The molecule has 1 aliphatic heterocycles. The van der Waals surface area contributed by atoms with Gasteiger partial charge in [0.05, 0.1) is 0 Å². The Morgan fingerprint density at radius 1 is 1.50 bits per heavy atom. The lowest BCUT2D eigenvalue weighted by molar-refractivity contribution is 0.266. The van der Waals surface area contributed by atoms with E-state index in [1.807, 2.05) is 7.05 Å². The summed E-state index contributed by atoms with van der Waals surface area (Å²) in [7, 11) is -1.000. The Morgan fingerprint density at radius 3 is 2.88 bits per heavy atom. The Kier molecular flexibility index (Phi) is 6.10. The van der Waals surface area contributed by atoms with Crippen LogP contribution in [0.4, 0.5) is 0 Å². The molecule has 1 heterocycles. The van der Waals surface area contributed by atoms with E-state index in [9.17, 15) is 8.42 Å². The van der Waals surface area contributed by atoms with E-state index >= 15 is 0 Å². The minimum Gasteiger partial charge on any atom is -0.320 e. The van der Waals surface area contributed by atoms with Crippen LogP contribution in [0.1, 0.15) is 13.3 Å². The van der Waals surface area contributed by atoms with Crippen LogP contribution in [0.2, 0.25) is 0 Å². The van der Waals surface area contributed by atoms with Gasteiger partial charge in [0.2, 0.25) is 0 Å². The third-order valence-corrected chi connectivity index (χ3v) is 6.21. The van der Waals surface area contributed by atoms with Crippen LogP contribution in [-0.4, -0.2) is 62.6 Å². The highest BCUT2D eigenvalue weighted by Crippen LogP contribution is 2.21. The van der Waals surface area contributed by atoms with Gasteiger partial charge in [0.15, 0.2) is 9.84 Å². The summed E-state index contributed by atoms with van der Waals surface area (Å²) < 4.78 is 23.9. The number of nitrogens with one attached hydrogen (secondary N) is 1. The first-order chi connectivity index (χ1) is 7.61. The van der Waals surface area contributed by atoms with Gasteiger partial charge in [-0.2, -0.15) is 11.8 Å². The maximum absolute atomic E-state index is 11.9. The second kappa shape index (κ2) is 6.83. The second-order valence-electron chi connectivity index (χ2n) is 3.97. The van der Waals surface area contributed by atoms with Crippen LogP contribution >= 0.6 is 11.8 Å². The number of sulfone groups is 1. The summed E-state index contributed by atoms with van der Waals surface area (Å²) in [6.45, 7) is 4.46. The van der Waals surface area contributed by atoms with Crippen molar-refractivity contribution < 1.29 is 8.42 Å². The van der Waals surface area contributed by atoms with Gasteiger partial charge in [-0.25, -0.2) is 8.42 Å². The predicted molar refractivity (Wildman–Crippen MR) is 70.7 cm³/mol. The van der Waals surface area contributed by atoms with Crippen LogP contribution < -0.4 is 5.32 Å². The fourth-order valence-corrected chi connectivity index (χ4v) is 4.96. The van der Waals surface area contributed by atoms with Gasteiger partial charge >= 0.3 is 0 Å². The molecule has 0 aliphatic carbocycles. The molecule has 1 N–H and O–H groups in total. The van der Waals surface area contributed by atoms with Gasteiger partial charge in [-0.1, -0.05) is 6.92 Å². The normalized spacial score (nSPS) is 23.5. The first kappa shape index (κ1) is 14.3. The summed E-state index contributed by atoms with van der Waals surface area (Å²) in [5.74, 6) is 2.03. The lowest BCUT2D eigenvalue weighted by Gasteiger charge is -2.34. The van der Waals surface area contributed by atoms with Crippen molar-refractivity contribution in [2.45, 2.75) is 18.7 Å². The lowest BCUT2D eigenvalue weighted by atomic mass is 10.3. The topological polar surface area (TPSA) is 49.4 Å². The van der Waals surface area contributed by atoms with E-state index in [1.165, 1.54) is 0 Å². The lowest BCUT2D eigenvalue weighted by Crippen LogP contribution is -2.48. The molecular formula is C10H22N2O2S2. The van der Waals surface area contributed by atoms with Crippen LogP contribution in [0, 0.1) is 0 Å². The zero-order valence-corrected chi connectivity index (χ0v) is 11.7. The average molecular weight is 266 g/mol. The van der Waals surface area contributed by atoms with Gasteiger partial charge in [0, 0.05) is 30.3 Å². The fraction of sp³-hybridized carbons (Fsp3) is 1.00. The highest BCUT2D eigenvalue weighted by atomic mass is 32.2. The first-order valence-electron chi connectivity index (χ1n) is 5.79. The first-order valence-corrected chi connectivity index (χ1v) is 8.66. The van der Waals surface area contributed by atoms with Crippen LogP contribution in [0.25, 0.3) is 0 Å². The van der Waals surface area contributed by atoms with Gasteiger partial charge in [0.25, 0.3) is 0 Å². The molecule has 1 unspecified atom stereocenters. The second-order valence-corrected chi connectivity index (χ2v) is 7.57. The zero-order valence-electron chi connectivity index (χ0n) is 10.1. The molecule has 96 valence electrons. The SMILES string of the molecule is CCS(=O)(=O)C1CSCCN1CCCNC. The van der Waals surface area contributed by atoms with Crippen molar-refractivity contribution in [1.82, 2.24) is 10.2 Å². The van der Waals surface area contributed by atoms with Crippen molar-refractivity contribution in [1.29, 1.82) is 0 Å². The molecule has 0 aromatic heterocycles. The Bertz CT molecular complexity index is 293. The maximum atomic E-state index is 11.9. The van der Waals surface area contributed by atoms with Crippen molar-refractivity contribution in [3.05, 3.63) is 0 Å². The van der Waals surface area contributed by atoms with E-state index in [-0.39, 0.29) is 11.1 Å². The molecule has 1 saturated heterocycles. The van der Waals surface area contributed by atoms with Crippen molar-refractivity contribution >= 4 is 21.6 Å². The summed E-state index contributed by atoms with van der Waals surface area (Å²) in [5, 5.41) is 2.84. The third-order valence-electron chi connectivity index (χ3n) is 2.88. The largest absolute Gasteiger partial charge is 0.320 e. The van der Waals surface area contributed by atoms with Gasteiger partial charge in [-0.3, -0.25) is 4.90 Å². The molecule has 0 spiro atoms. The minimum absolute atomic E-state index is 0.251. The van der Waals surface area contributed by atoms with E-state index in [1.54, 1.807) is 18.7 Å². The van der Waals surface area contributed by atoms with Gasteiger partial charge in [0.1, 0.15) is 5.37 Å². The maximum Gasteiger partial charge on any atom is 0.166 e. The van der Waals surface area contributed by atoms with Crippen molar-refractivity contribution in [2.75, 3.05) is 43.9 Å². The van der Waals surface area contributed by atoms with Crippen LogP contribution in [-0.2, 0) is 9.84 Å². The Hall–Kier alpha value is 0.220. The monoisotopic (exact) mass is 266 g/mol. The van der Waals surface area contributed by atoms with Crippen molar-refractivity contribution in [3.8, 4) is 0 Å². The molecule has 6 heteroatoms.